The molecule has 2 aliphatic rings. The number of H-pyrrole nitrogens is 1. The summed E-state index contributed by atoms with van der Waals surface area (Å²) >= 11 is 0. The first-order chi connectivity index (χ1) is 20.0. The zero-order valence-corrected chi connectivity index (χ0v) is 21.8. The van der Waals surface area contributed by atoms with E-state index in [4.69, 9.17) is 6.57 Å². The average Bonchev–Trinajstić information content (AvgIpc) is 3.50. The SMILES string of the molecule is [C-]#[N+]c1ccc(N2C(=O)N(c3ccc(CNC(=O)c4ccc5[nH]ccc5c4)c(F)c3)C3(CCC3)C2=O)cc1C(F)(F)F. The number of rotatable bonds is 5. The molecule has 4 aromatic rings. The molecule has 1 saturated heterocycles. The molecule has 6 rings (SSSR count). The Hall–Kier alpha value is -5.18. The van der Waals surface area contributed by atoms with E-state index in [0.29, 0.717) is 23.0 Å². The van der Waals surface area contributed by atoms with Gasteiger partial charge in [-0.05, 0) is 67.8 Å². The summed E-state index contributed by atoms with van der Waals surface area (Å²) in [5.74, 6) is -1.85. The van der Waals surface area contributed by atoms with Crippen LogP contribution in [0.15, 0.2) is 66.9 Å². The van der Waals surface area contributed by atoms with E-state index in [1.54, 1.807) is 24.4 Å². The lowest BCUT2D eigenvalue weighted by Crippen LogP contribution is -2.55. The van der Waals surface area contributed by atoms with Gasteiger partial charge >= 0.3 is 12.2 Å². The lowest BCUT2D eigenvalue weighted by molar-refractivity contribution is -0.137. The molecule has 4 amide bonds. The van der Waals surface area contributed by atoms with Crippen molar-refractivity contribution in [3.8, 4) is 0 Å². The predicted octanol–water partition coefficient (Wildman–Crippen LogP) is 6.70. The molecule has 1 saturated carbocycles. The van der Waals surface area contributed by atoms with Crippen LogP contribution < -0.4 is 15.1 Å². The summed E-state index contributed by atoms with van der Waals surface area (Å²) in [5, 5.41) is 3.51. The average molecular weight is 576 g/mol. The van der Waals surface area contributed by atoms with Gasteiger partial charge < -0.3 is 10.3 Å². The number of halogens is 4. The number of benzene rings is 3. The fraction of sp³-hybridized carbons (Fsp3) is 0.200. The van der Waals surface area contributed by atoms with Crippen LogP contribution in [0.1, 0.15) is 40.7 Å². The van der Waals surface area contributed by atoms with E-state index in [-0.39, 0.29) is 36.3 Å². The van der Waals surface area contributed by atoms with Gasteiger partial charge in [-0.25, -0.2) is 18.9 Å². The maximum Gasteiger partial charge on any atom is 0.407 e. The fourth-order valence-electron chi connectivity index (χ4n) is 5.49. The quantitative estimate of drug-likeness (QED) is 0.158. The monoisotopic (exact) mass is 575 g/mol. The van der Waals surface area contributed by atoms with Crippen molar-refractivity contribution in [1.82, 2.24) is 10.3 Å². The molecule has 2 fully saturated rings. The van der Waals surface area contributed by atoms with Crippen molar-refractivity contribution in [3.05, 3.63) is 101 Å². The van der Waals surface area contributed by atoms with Crippen LogP contribution in [-0.2, 0) is 17.5 Å². The van der Waals surface area contributed by atoms with Gasteiger partial charge in [0.25, 0.3) is 11.8 Å². The van der Waals surface area contributed by atoms with Crippen molar-refractivity contribution >= 4 is 45.8 Å². The van der Waals surface area contributed by atoms with Gasteiger partial charge in [0.15, 0.2) is 5.69 Å². The highest BCUT2D eigenvalue weighted by atomic mass is 19.4. The number of amides is 4. The molecular formula is C30H21F4N5O3. The highest BCUT2D eigenvalue weighted by molar-refractivity contribution is 6.31. The summed E-state index contributed by atoms with van der Waals surface area (Å²) < 4.78 is 56.1. The number of anilines is 2. The number of carbonyl (C=O) groups excluding carboxylic acids is 3. The number of carbonyl (C=O) groups is 3. The van der Waals surface area contributed by atoms with Gasteiger partial charge in [0.2, 0.25) is 0 Å². The van der Waals surface area contributed by atoms with Gasteiger partial charge in [-0.2, -0.15) is 13.2 Å². The number of alkyl halides is 3. The molecule has 12 heteroatoms. The zero-order chi connectivity index (χ0) is 29.8. The molecule has 0 radical (unpaired) electrons. The third-order valence-electron chi connectivity index (χ3n) is 7.81. The lowest BCUT2D eigenvalue weighted by atomic mass is 9.75. The largest absolute Gasteiger partial charge is 0.407 e. The van der Waals surface area contributed by atoms with E-state index in [1.165, 1.54) is 12.1 Å². The number of hydrogen-bond donors (Lipinski definition) is 2. The molecule has 0 atom stereocenters. The van der Waals surface area contributed by atoms with Gasteiger partial charge in [-0.1, -0.05) is 12.1 Å². The first kappa shape index (κ1) is 27.0. The molecule has 212 valence electrons. The Morgan fingerprint density at radius 1 is 1.02 bits per heavy atom. The summed E-state index contributed by atoms with van der Waals surface area (Å²) in [5.41, 5.74) is -2.13. The molecule has 3 aromatic carbocycles. The van der Waals surface area contributed by atoms with Crippen LogP contribution in [0.25, 0.3) is 15.7 Å². The Labute approximate surface area is 236 Å². The minimum Gasteiger partial charge on any atom is -0.361 e. The van der Waals surface area contributed by atoms with Crippen molar-refractivity contribution in [3.63, 3.8) is 0 Å². The minimum atomic E-state index is -4.88. The van der Waals surface area contributed by atoms with E-state index in [2.05, 4.69) is 15.1 Å². The number of hydrogen-bond acceptors (Lipinski definition) is 3. The van der Waals surface area contributed by atoms with Crippen LogP contribution >= 0.6 is 0 Å². The van der Waals surface area contributed by atoms with E-state index in [0.717, 1.165) is 34.0 Å². The third kappa shape index (κ3) is 4.25. The molecule has 1 aliphatic heterocycles. The minimum absolute atomic E-state index is 0.0647. The Kier molecular flexibility index (Phi) is 6.26. The van der Waals surface area contributed by atoms with Crippen LogP contribution in [0.2, 0.25) is 0 Å². The van der Waals surface area contributed by atoms with Crippen molar-refractivity contribution in [2.24, 2.45) is 0 Å². The maximum atomic E-state index is 15.3. The number of fused-ring (bicyclic) bond motifs is 1. The van der Waals surface area contributed by atoms with Crippen LogP contribution in [-0.4, -0.2) is 28.4 Å². The number of nitrogens with zero attached hydrogens (tertiary/aromatic N) is 3. The predicted molar refractivity (Wildman–Crippen MR) is 146 cm³/mol. The summed E-state index contributed by atoms with van der Waals surface area (Å²) in [6.07, 6.45) is -2.02. The molecular weight excluding hydrogens is 554 g/mol. The highest BCUT2D eigenvalue weighted by Gasteiger charge is 2.61. The van der Waals surface area contributed by atoms with Crippen molar-refractivity contribution in [2.45, 2.75) is 37.5 Å². The number of aromatic amines is 1. The zero-order valence-electron chi connectivity index (χ0n) is 21.8. The number of imide groups is 1. The van der Waals surface area contributed by atoms with E-state index in [1.807, 2.05) is 6.07 Å². The summed E-state index contributed by atoms with van der Waals surface area (Å²) in [6, 6.07) is 12.6. The molecule has 1 aliphatic carbocycles. The smallest absolute Gasteiger partial charge is 0.361 e. The van der Waals surface area contributed by atoms with Gasteiger partial charge in [-0.3, -0.25) is 14.5 Å². The third-order valence-corrected chi connectivity index (χ3v) is 7.81. The van der Waals surface area contributed by atoms with Crippen molar-refractivity contribution in [1.29, 1.82) is 0 Å². The second-order valence-electron chi connectivity index (χ2n) is 10.2. The summed E-state index contributed by atoms with van der Waals surface area (Å²) in [6.45, 7) is 6.89. The van der Waals surface area contributed by atoms with Gasteiger partial charge in [0, 0.05) is 40.5 Å². The van der Waals surface area contributed by atoms with Gasteiger partial charge in [-0.15, -0.1) is 0 Å². The molecule has 2 heterocycles. The van der Waals surface area contributed by atoms with Crippen molar-refractivity contribution < 1.29 is 31.9 Å². The van der Waals surface area contributed by atoms with Crippen LogP contribution in [0.5, 0.6) is 0 Å². The molecule has 0 unspecified atom stereocenters. The Morgan fingerprint density at radius 2 is 1.79 bits per heavy atom. The number of nitrogens with one attached hydrogen (secondary N) is 2. The normalized spacial score (nSPS) is 16.2. The van der Waals surface area contributed by atoms with E-state index < -0.39 is 46.6 Å². The molecule has 0 bridgehead atoms. The molecule has 2 N–H and O–H groups in total. The first-order valence-electron chi connectivity index (χ1n) is 12.9. The Balaban J connectivity index is 1.26. The van der Waals surface area contributed by atoms with Crippen molar-refractivity contribution in [2.75, 3.05) is 9.80 Å². The number of aromatic nitrogens is 1. The standard InChI is InChI=1S/C30H21F4N5O3/c1-35-25-8-6-20(14-22(25)30(32,33)34)38-27(41)29(10-2-11-29)39(28(38)42)21-5-3-19(23(31)15-21)16-37-26(40)18-4-7-24-17(13-18)9-12-36-24/h3-9,12-15,36H,2,10-11,16H2,(H,37,40). The Morgan fingerprint density at radius 3 is 2.45 bits per heavy atom. The van der Waals surface area contributed by atoms with Crippen LogP contribution in [0.3, 0.4) is 0 Å². The van der Waals surface area contributed by atoms with E-state index in [9.17, 15) is 27.6 Å². The number of urea groups is 1. The van der Waals surface area contributed by atoms with Gasteiger partial charge in [0.1, 0.15) is 11.4 Å². The fourth-order valence-corrected chi connectivity index (χ4v) is 5.49. The summed E-state index contributed by atoms with van der Waals surface area (Å²) in [4.78, 5) is 47.5. The second kappa shape index (κ2) is 9.73. The molecule has 8 nitrogen and oxygen atoms in total. The lowest BCUT2D eigenvalue weighted by Gasteiger charge is -2.42. The maximum absolute atomic E-state index is 15.3. The molecule has 1 aromatic heterocycles. The van der Waals surface area contributed by atoms with Gasteiger partial charge in [0.05, 0.1) is 17.8 Å². The summed E-state index contributed by atoms with van der Waals surface area (Å²) in [7, 11) is 0. The van der Waals surface area contributed by atoms with Crippen LogP contribution in [0, 0.1) is 12.4 Å². The topological polar surface area (TPSA) is 89.9 Å². The molecule has 42 heavy (non-hydrogen) atoms. The molecule has 1 spiro atoms. The van der Waals surface area contributed by atoms with E-state index >= 15 is 4.39 Å². The Bertz CT molecular complexity index is 1820. The first-order valence-corrected chi connectivity index (χ1v) is 12.9. The highest BCUT2D eigenvalue weighted by Crippen LogP contribution is 2.49. The second-order valence-corrected chi connectivity index (χ2v) is 10.2. The van der Waals surface area contributed by atoms with Crippen LogP contribution in [0.4, 0.5) is 39.4 Å².